The standard InChI is InChI=1S/C24H28N4O3/c1-14(16-10-21(29)25-12-16)31-23-22-20(26-13-28(22)18-8-9-18)11-19(27-23)15-4-6-17(7-5-15)24(2,3)30/h4-7,11,13-14,16,18,30H,8-10,12H2,1-3H3,(H,25,29). The van der Waals surface area contributed by atoms with Crippen molar-refractivity contribution >= 4 is 16.9 Å². The fourth-order valence-electron chi connectivity index (χ4n) is 4.17. The zero-order valence-electron chi connectivity index (χ0n) is 18.1. The van der Waals surface area contributed by atoms with E-state index in [-0.39, 0.29) is 17.9 Å². The van der Waals surface area contributed by atoms with E-state index in [1.54, 1.807) is 13.8 Å². The number of hydrogen-bond donors (Lipinski definition) is 2. The third-order valence-corrected chi connectivity index (χ3v) is 6.32. The highest BCUT2D eigenvalue weighted by Crippen LogP contribution is 2.40. The van der Waals surface area contributed by atoms with Gasteiger partial charge in [-0.3, -0.25) is 4.79 Å². The summed E-state index contributed by atoms with van der Waals surface area (Å²) in [6.07, 6.45) is 4.49. The molecule has 7 nitrogen and oxygen atoms in total. The maximum atomic E-state index is 11.7. The molecule has 3 aromatic rings. The van der Waals surface area contributed by atoms with Crippen LogP contribution in [0.25, 0.3) is 22.3 Å². The van der Waals surface area contributed by atoms with Crippen molar-refractivity contribution in [1.82, 2.24) is 19.9 Å². The molecule has 1 amide bonds. The molecular formula is C24H28N4O3. The van der Waals surface area contributed by atoms with Crippen LogP contribution < -0.4 is 10.1 Å². The molecule has 1 saturated carbocycles. The third-order valence-electron chi connectivity index (χ3n) is 6.32. The van der Waals surface area contributed by atoms with Crippen LogP contribution in [0.5, 0.6) is 5.88 Å². The lowest BCUT2D eigenvalue weighted by Gasteiger charge is -2.21. The number of ether oxygens (including phenoxy) is 1. The van der Waals surface area contributed by atoms with Gasteiger partial charge in [0.2, 0.25) is 11.8 Å². The Hall–Kier alpha value is -2.93. The summed E-state index contributed by atoms with van der Waals surface area (Å²) in [6, 6.07) is 10.2. The van der Waals surface area contributed by atoms with Gasteiger partial charge < -0.3 is 19.7 Å². The van der Waals surface area contributed by atoms with Crippen molar-refractivity contribution in [3.63, 3.8) is 0 Å². The van der Waals surface area contributed by atoms with Gasteiger partial charge in [0.15, 0.2) is 0 Å². The lowest BCUT2D eigenvalue weighted by molar-refractivity contribution is -0.119. The summed E-state index contributed by atoms with van der Waals surface area (Å²) in [5.74, 6) is 0.758. The number of aromatic nitrogens is 3. The number of aliphatic hydroxyl groups is 1. The number of pyridine rings is 1. The zero-order valence-corrected chi connectivity index (χ0v) is 18.1. The van der Waals surface area contributed by atoms with Gasteiger partial charge in [-0.25, -0.2) is 9.97 Å². The quantitative estimate of drug-likeness (QED) is 0.636. The van der Waals surface area contributed by atoms with E-state index in [0.29, 0.717) is 24.9 Å². The highest BCUT2D eigenvalue weighted by molar-refractivity contribution is 5.85. The van der Waals surface area contributed by atoms with Crippen LogP contribution in [0.1, 0.15) is 51.6 Å². The van der Waals surface area contributed by atoms with Gasteiger partial charge in [0.05, 0.1) is 23.1 Å². The monoisotopic (exact) mass is 420 g/mol. The average Bonchev–Trinajstić information content (AvgIpc) is 3.33. The molecule has 2 N–H and O–H groups in total. The maximum Gasteiger partial charge on any atom is 0.241 e. The molecule has 162 valence electrons. The summed E-state index contributed by atoms with van der Waals surface area (Å²) in [7, 11) is 0. The Morgan fingerprint density at radius 3 is 2.61 bits per heavy atom. The van der Waals surface area contributed by atoms with E-state index in [4.69, 9.17) is 9.72 Å². The molecule has 0 bridgehead atoms. The number of hydrogen-bond acceptors (Lipinski definition) is 5. The highest BCUT2D eigenvalue weighted by atomic mass is 16.5. The van der Waals surface area contributed by atoms with Crippen molar-refractivity contribution in [2.75, 3.05) is 6.54 Å². The van der Waals surface area contributed by atoms with Crippen LogP contribution in [0.2, 0.25) is 0 Å². The van der Waals surface area contributed by atoms with Gasteiger partial charge in [-0.05, 0) is 45.2 Å². The summed E-state index contributed by atoms with van der Waals surface area (Å²) in [5.41, 5.74) is 3.44. The molecule has 1 aliphatic carbocycles. The molecule has 2 aromatic heterocycles. The Bertz CT molecular complexity index is 1130. The second kappa shape index (κ2) is 7.34. The number of nitrogens with zero attached hydrogens (tertiary/aromatic N) is 3. The molecule has 1 aliphatic heterocycles. The van der Waals surface area contributed by atoms with Gasteiger partial charge in [-0.2, -0.15) is 0 Å². The number of nitrogens with one attached hydrogen (secondary N) is 1. The minimum atomic E-state index is -0.893. The number of imidazole rings is 1. The van der Waals surface area contributed by atoms with Gasteiger partial charge in [0.1, 0.15) is 11.6 Å². The van der Waals surface area contributed by atoms with E-state index in [1.807, 2.05) is 43.6 Å². The van der Waals surface area contributed by atoms with Gasteiger partial charge >= 0.3 is 0 Å². The zero-order chi connectivity index (χ0) is 21.8. The van der Waals surface area contributed by atoms with Crippen LogP contribution in [0.3, 0.4) is 0 Å². The first-order chi connectivity index (χ1) is 14.8. The molecule has 5 rings (SSSR count). The van der Waals surface area contributed by atoms with Crippen molar-refractivity contribution in [2.24, 2.45) is 5.92 Å². The molecule has 2 unspecified atom stereocenters. The van der Waals surface area contributed by atoms with Gasteiger partial charge in [-0.1, -0.05) is 24.3 Å². The fraction of sp³-hybridized carbons (Fsp3) is 0.458. The number of benzene rings is 1. The molecule has 7 heteroatoms. The van der Waals surface area contributed by atoms with Crippen molar-refractivity contribution < 1.29 is 14.6 Å². The molecule has 31 heavy (non-hydrogen) atoms. The minimum Gasteiger partial charge on any atom is -0.473 e. The van der Waals surface area contributed by atoms with Crippen molar-refractivity contribution in [3.8, 4) is 17.1 Å². The first-order valence-electron chi connectivity index (χ1n) is 10.9. The topological polar surface area (TPSA) is 89.3 Å². The highest BCUT2D eigenvalue weighted by Gasteiger charge is 2.31. The lowest BCUT2D eigenvalue weighted by atomic mass is 9.96. The van der Waals surface area contributed by atoms with Gasteiger partial charge in [-0.15, -0.1) is 0 Å². The van der Waals surface area contributed by atoms with E-state index < -0.39 is 5.60 Å². The van der Waals surface area contributed by atoms with Crippen LogP contribution >= 0.6 is 0 Å². The molecule has 0 spiro atoms. The van der Waals surface area contributed by atoms with E-state index in [2.05, 4.69) is 14.9 Å². The maximum absolute atomic E-state index is 11.7. The van der Waals surface area contributed by atoms with Crippen molar-refractivity contribution in [2.45, 2.75) is 57.8 Å². The Kier molecular flexibility index (Phi) is 4.73. The molecule has 0 radical (unpaired) electrons. The Morgan fingerprint density at radius 2 is 2.00 bits per heavy atom. The van der Waals surface area contributed by atoms with Crippen molar-refractivity contribution in [3.05, 3.63) is 42.2 Å². The van der Waals surface area contributed by atoms with Crippen molar-refractivity contribution in [1.29, 1.82) is 0 Å². The lowest BCUT2D eigenvalue weighted by Crippen LogP contribution is -2.26. The normalized spacial score (nSPS) is 20.1. The summed E-state index contributed by atoms with van der Waals surface area (Å²) >= 11 is 0. The van der Waals surface area contributed by atoms with Crippen LogP contribution in [0, 0.1) is 5.92 Å². The van der Waals surface area contributed by atoms with E-state index in [0.717, 1.165) is 40.7 Å². The van der Waals surface area contributed by atoms with Crippen LogP contribution in [-0.2, 0) is 10.4 Å². The number of carbonyl (C=O) groups excluding carboxylic acids is 1. The molecule has 3 heterocycles. The largest absolute Gasteiger partial charge is 0.473 e. The third kappa shape index (κ3) is 3.90. The van der Waals surface area contributed by atoms with E-state index in [9.17, 15) is 9.90 Å². The summed E-state index contributed by atoms with van der Waals surface area (Å²) in [4.78, 5) is 21.2. The van der Waals surface area contributed by atoms with E-state index in [1.165, 1.54) is 0 Å². The minimum absolute atomic E-state index is 0.0715. The average molecular weight is 421 g/mol. The molecule has 1 saturated heterocycles. The fourth-order valence-corrected chi connectivity index (χ4v) is 4.17. The Balaban J connectivity index is 1.53. The molecule has 2 aliphatic rings. The summed E-state index contributed by atoms with van der Waals surface area (Å²) in [6.45, 7) is 6.17. The number of rotatable bonds is 6. The number of amides is 1. The predicted molar refractivity (Wildman–Crippen MR) is 118 cm³/mol. The van der Waals surface area contributed by atoms with Crippen LogP contribution in [0.4, 0.5) is 0 Å². The van der Waals surface area contributed by atoms with Gasteiger partial charge in [0.25, 0.3) is 0 Å². The Labute approximate surface area is 181 Å². The van der Waals surface area contributed by atoms with Gasteiger partial charge in [0, 0.05) is 30.5 Å². The predicted octanol–water partition coefficient (Wildman–Crippen LogP) is 3.56. The van der Waals surface area contributed by atoms with Crippen LogP contribution in [0.15, 0.2) is 36.7 Å². The number of carbonyl (C=O) groups is 1. The molecular weight excluding hydrogens is 392 g/mol. The Morgan fingerprint density at radius 1 is 1.26 bits per heavy atom. The second-order valence-corrected chi connectivity index (χ2v) is 9.29. The molecule has 2 atom stereocenters. The number of fused-ring (bicyclic) bond motifs is 1. The molecule has 2 fully saturated rings. The summed E-state index contributed by atoms with van der Waals surface area (Å²) < 4.78 is 8.54. The summed E-state index contributed by atoms with van der Waals surface area (Å²) in [5, 5.41) is 13.1. The SMILES string of the molecule is CC(Oc1nc(-c2ccc(C(C)(C)O)cc2)cc2ncn(C3CC3)c12)C1CNC(=O)C1. The first-order valence-corrected chi connectivity index (χ1v) is 10.9. The first kappa shape index (κ1) is 20.0. The molecule has 1 aromatic carbocycles. The smallest absolute Gasteiger partial charge is 0.241 e. The second-order valence-electron chi connectivity index (χ2n) is 9.29. The van der Waals surface area contributed by atoms with E-state index >= 15 is 0 Å². The van der Waals surface area contributed by atoms with Crippen LogP contribution in [-0.4, -0.2) is 38.2 Å².